The number of nitrogens with one attached hydrogen (secondary N) is 1. The van der Waals surface area contributed by atoms with Crippen LogP contribution in [0.1, 0.15) is 11.6 Å². The average Bonchev–Trinajstić information content (AvgIpc) is 2.56. The second kappa shape index (κ2) is 7.79. The molecule has 0 amide bonds. The van der Waals surface area contributed by atoms with E-state index in [1.54, 1.807) is 30.3 Å². The van der Waals surface area contributed by atoms with E-state index in [0.717, 1.165) is 11.3 Å². The van der Waals surface area contributed by atoms with Crippen LogP contribution in [0.15, 0.2) is 59.5 Å². The summed E-state index contributed by atoms with van der Waals surface area (Å²) in [7, 11) is 4.37. The minimum absolute atomic E-state index is 0.0419. The number of rotatable bonds is 7. The Labute approximate surface area is 145 Å². The fourth-order valence-electron chi connectivity index (χ4n) is 2.46. The van der Waals surface area contributed by atoms with Crippen molar-refractivity contribution in [3.8, 4) is 0 Å². The van der Waals surface area contributed by atoms with Gasteiger partial charge in [0.1, 0.15) is 0 Å². The van der Waals surface area contributed by atoms with Crippen molar-refractivity contribution >= 4 is 15.7 Å². The van der Waals surface area contributed by atoms with Gasteiger partial charge in [-0.3, -0.25) is 0 Å². The molecule has 0 aliphatic rings. The highest BCUT2D eigenvalue weighted by Crippen LogP contribution is 2.21. The van der Waals surface area contributed by atoms with Crippen molar-refractivity contribution in [1.29, 1.82) is 0 Å². The first kappa shape index (κ1) is 18.4. The first-order chi connectivity index (χ1) is 11.3. The molecule has 0 radical (unpaired) electrons. The standard InChI is InChI=1S/C18H25N3O2S/c1-20(2)16-12-10-15(11-13-16)18(21(3)4)14-19-24(22,23)17-8-6-5-7-9-17/h5-13,18-19H,14H2,1-4H3. The summed E-state index contributed by atoms with van der Waals surface area (Å²) in [6.45, 7) is 0.311. The van der Waals surface area contributed by atoms with E-state index in [-0.39, 0.29) is 10.9 Å². The van der Waals surface area contributed by atoms with Crippen LogP contribution < -0.4 is 9.62 Å². The van der Waals surface area contributed by atoms with E-state index < -0.39 is 10.0 Å². The van der Waals surface area contributed by atoms with Crippen LogP contribution in [0.3, 0.4) is 0 Å². The van der Waals surface area contributed by atoms with E-state index in [1.807, 2.05) is 62.3 Å². The molecule has 1 atom stereocenters. The molecule has 0 aliphatic carbocycles. The fourth-order valence-corrected chi connectivity index (χ4v) is 3.52. The second-order valence-corrected chi connectivity index (χ2v) is 7.90. The van der Waals surface area contributed by atoms with Gasteiger partial charge in [0, 0.05) is 32.4 Å². The minimum Gasteiger partial charge on any atom is -0.378 e. The molecular formula is C18H25N3O2S. The van der Waals surface area contributed by atoms with Crippen LogP contribution in [0.25, 0.3) is 0 Å². The Bertz CT molecular complexity index is 742. The molecule has 0 fully saturated rings. The lowest BCUT2D eigenvalue weighted by Crippen LogP contribution is -2.34. The number of hydrogen-bond acceptors (Lipinski definition) is 4. The van der Waals surface area contributed by atoms with Gasteiger partial charge in [0.15, 0.2) is 0 Å². The maximum Gasteiger partial charge on any atom is 0.240 e. The molecule has 5 nitrogen and oxygen atoms in total. The Hall–Kier alpha value is -1.89. The van der Waals surface area contributed by atoms with Gasteiger partial charge < -0.3 is 9.80 Å². The maximum atomic E-state index is 12.4. The second-order valence-electron chi connectivity index (χ2n) is 6.13. The van der Waals surface area contributed by atoms with E-state index in [0.29, 0.717) is 6.54 Å². The molecule has 0 aliphatic heterocycles. The molecule has 1 N–H and O–H groups in total. The molecule has 2 aromatic carbocycles. The molecule has 0 aromatic heterocycles. The van der Waals surface area contributed by atoms with Gasteiger partial charge in [-0.25, -0.2) is 13.1 Å². The summed E-state index contributed by atoms with van der Waals surface area (Å²) in [5.74, 6) is 0. The van der Waals surface area contributed by atoms with Crippen molar-refractivity contribution in [1.82, 2.24) is 9.62 Å². The number of benzene rings is 2. The van der Waals surface area contributed by atoms with Gasteiger partial charge in [-0.1, -0.05) is 30.3 Å². The summed E-state index contributed by atoms with van der Waals surface area (Å²) in [5.41, 5.74) is 2.18. The van der Waals surface area contributed by atoms with Crippen LogP contribution in [0.5, 0.6) is 0 Å². The lowest BCUT2D eigenvalue weighted by molar-refractivity contribution is 0.299. The van der Waals surface area contributed by atoms with Gasteiger partial charge in [0.2, 0.25) is 10.0 Å². The smallest absolute Gasteiger partial charge is 0.240 e. The van der Waals surface area contributed by atoms with E-state index in [1.165, 1.54) is 0 Å². The summed E-state index contributed by atoms with van der Waals surface area (Å²) in [5, 5.41) is 0. The quantitative estimate of drug-likeness (QED) is 0.835. The summed E-state index contributed by atoms with van der Waals surface area (Å²) in [4.78, 5) is 4.33. The maximum absolute atomic E-state index is 12.4. The van der Waals surface area contributed by atoms with E-state index in [2.05, 4.69) is 4.72 Å². The van der Waals surface area contributed by atoms with E-state index in [4.69, 9.17) is 0 Å². The van der Waals surface area contributed by atoms with Gasteiger partial charge in [0.05, 0.1) is 4.90 Å². The zero-order chi connectivity index (χ0) is 17.7. The van der Waals surface area contributed by atoms with Crippen LogP contribution >= 0.6 is 0 Å². The van der Waals surface area contributed by atoms with E-state index in [9.17, 15) is 8.42 Å². The first-order valence-corrected chi connectivity index (χ1v) is 9.28. The molecular weight excluding hydrogens is 322 g/mol. The summed E-state index contributed by atoms with van der Waals surface area (Å²) >= 11 is 0. The van der Waals surface area contributed by atoms with Crippen LogP contribution in [0, 0.1) is 0 Å². The van der Waals surface area contributed by atoms with Crippen LogP contribution in [-0.2, 0) is 10.0 Å². The SMILES string of the molecule is CN(C)c1ccc(C(CNS(=O)(=O)c2ccccc2)N(C)C)cc1. The molecule has 2 rings (SSSR count). The molecule has 0 bridgehead atoms. The predicted octanol–water partition coefficient (Wildman–Crippen LogP) is 2.33. The van der Waals surface area contributed by atoms with Crippen molar-refractivity contribution in [3.63, 3.8) is 0 Å². The summed E-state index contributed by atoms with van der Waals surface area (Å²) in [6.07, 6.45) is 0. The van der Waals surface area contributed by atoms with Gasteiger partial charge in [0.25, 0.3) is 0 Å². The molecule has 0 saturated heterocycles. The fraction of sp³-hybridized carbons (Fsp3) is 0.333. The zero-order valence-electron chi connectivity index (χ0n) is 14.6. The Balaban J connectivity index is 2.15. The molecule has 1 unspecified atom stereocenters. The normalized spacial score (nSPS) is 13.0. The summed E-state index contributed by atoms with van der Waals surface area (Å²) < 4.78 is 27.5. The highest BCUT2D eigenvalue weighted by atomic mass is 32.2. The Morgan fingerprint density at radius 2 is 1.50 bits per heavy atom. The number of anilines is 1. The molecule has 130 valence electrons. The van der Waals surface area contributed by atoms with Crippen molar-refractivity contribution in [3.05, 3.63) is 60.2 Å². The Morgan fingerprint density at radius 1 is 0.917 bits per heavy atom. The van der Waals surface area contributed by atoms with Crippen LogP contribution in [-0.4, -0.2) is 48.1 Å². The van der Waals surface area contributed by atoms with Gasteiger partial charge >= 0.3 is 0 Å². The summed E-state index contributed by atoms with van der Waals surface area (Å²) in [6, 6.07) is 16.5. The molecule has 0 saturated carbocycles. The monoisotopic (exact) mass is 347 g/mol. The largest absolute Gasteiger partial charge is 0.378 e. The van der Waals surface area contributed by atoms with Crippen LogP contribution in [0.2, 0.25) is 0 Å². The van der Waals surface area contributed by atoms with Gasteiger partial charge in [-0.2, -0.15) is 0 Å². The van der Waals surface area contributed by atoms with Gasteiger partial charge in [-0.15, -0.1) is 0 Å². The molecule has 6 heteroatoms. The lowest BCUT2D eigenvalue weighted by Gasteiger charge is -2.25. The molecule has 24 heavy (non-hydrogen) atoms. The third-order valence-corrected chi connectivity index (χ3v) is 5.38. The predicted molar refractivity (Wildman–Crippen MR) is 98.8 cm³/mol. The highest BCUT2D eigenvalue weighted by molar-refractivity contribution is 7.89. The lowest BCUT2D eigenvalue weighted by atomic mass is 10.1. The third kappa shape index (κ3) is 4.56. The number of hydrogen-bond donors (Lipinski definition) is 1. The number of sulfonamides is 1. The van der Waals surface area contributed by atoms with Crippen molar-refractivity contribution in [2.45, 2.75) is 10.9 Å². The van der Waals surface area contributed by atoms with Crippen molar-refractivity contribution < 1.29 is 8.42 Å². The third-order valence-electron chi connectivity index (χ3n) is 3.94. The molecule has 0 spiro atoms. The molecule has 2 aromatic rings. The number of nitrogens with zero attached hydrogens (tertiary/aromatic N) is 2. The number of likely N-dealkylation sites (N-methyl/N-ethyl adjacent to an activating group) is 1. The molecule has 0 heterocycles. The van der Waals surface area contributed by atoms with Crippen LogP contribution in [0.4, 0.5) is 5.69 Å². The Kier molecular flexibility index (Phi) is 5.99. The van der Waals surface area contributed by atoms with Crippen molar-refractivity contribution in [2.75, 3.05) is 39.6 Å². The average molecular weight is 347 g/mol. The van der Waals surface area contributed by atoms with Gasteiger partial charge in [-0.05, 0) is 43.9 Å². The van der Waals surface area contributed by atoms with E-state index >= 15 is 0 Å². The Morgan fingerprint density at radius 3 is 2.00 bits per heavy atom. The topological polar surface area (TPSA) is 52.7 Å². The minimum atomic E-state index is -3.50. The zero-order valence-corrected chi connectivity index (χ0v) is 15.4. The first-order valence-electron chi connectivity index (χ1n) is 7.79. The highest BCUT2D eigenvalue weighted by Gasteiger charge is 2.19. The van der Waals surface area contributed by atoms with Crippen molar-refractivity contribution in [2.24, 2.45) is 0 Å².